The fraction of sp³-hybridized carbons (Fsp3) is 0.455. The van der Waals surface area contributed by atoms with Crippen molar-refractivity contribution < 1.29 is 18.3 Å². The van der Waals surface area contributed by atoms with Crippen LogP contribution >= 0.6 is 22.6 Å². The van der Waals surface area contributed by atoms with Crippen LogP contribution in [0.25, 0.3) is 0 Å². The standard InChI is InChI=1S/C11H10F3IO/c12-11(13,14)10(16)6-2-4-7-3-1-5-8(15)9(7)10/h1,3,5,16H,2,4,6H2/t10-/m1/s1. The Morgan fingerprint density at radius 2 is 2.00 bits per heavy atom. The van der Waals surface area contributed by atoms with Crippen LogP contribution in [0.15, 0.2) is 18.2 Å². The number of rotatable bonds is 0. The van der Waals surface area contributed by atoms with Gasteiger partial charge in [-0.15, -0.1) is 0 Å². The van der Waals surface area contributed by atoms with E-state index in [1.807, 2.05) is 22.6 Å². The van der Waals surface area contributed by atoms with Gasteiger partial charge in [-0.3, -0.25) is 0 Å². The van der Waals surface area contributed by atoms with E-state index in [-0.39, 0.29) is 12.0 Å². The Morgan fingerprint density at radius 3 is 2.62 bits per heavy atom. The third-order valence-electron chi connectivity index (χ3n) is 2.97. The van der Waals surface area contributed by atoms with Crippen LogP contribution in [-0.2, 0) is 12.0 Å². The summed E-state index contributed by atoms with van der Waals surface area (Å²) in [5, 5.41) is 9.91. The van der Waals surface area contributed by atoms with Gasteiger partial charge in [0.05, 0.1) is 0 Å². The Labute approximate surface area is 105 Å². The third kappa shape index (κ3) is 1.73. The molecule has 0 spiro atoms. The molecule has 0 bridgehead atoms. The van der Waals surface area contributed by atoms with E-state index in [0.717, 1.165) is 0 Å². The van der Waals surface area contributed by atoms with Crippen molar-refractivity contribution in [3.8, 4) is 0 Å². The number of hydrogen-bond acceptors (Lipinski definition) is 1. The zero-order valence-electron chi connectivity index (χ0n) is 8.31. The number of hydrogen-bond donors (Lipinski definition) is 1. The minimum absolute atomic E-state index is 0.0503. The first-order chi connectivity index (χ1) is 7.36. The molecule has 0 unspecified atom stereocenters. The average molecular weight is 342 g/mol. The zero-order valence-corrected chi connectivity index (χ0v) is 10.5. The third-order valence-corrected chi connectivity index (χ3v) is 3.87. The van der Waals surface area contributed by atoms with Gasteiger partial charge >= 0.3 is 6.18 Å². The fourth-order valence-corrected chi connectivity index (χ4v) is 3.18. The van der Waals surface area contributed by atoms with Gasteiger partial charge in [-0.2, -0.15) is 13.2 Å². The van der Waals surface area contributed by atoms with Crippen LogP contribution in [0.2, 0.25) is 0 Å². The van der Waals surface area contributed by atoms with Crippen molar-refractivity contribution in [2.45, 2.75) is 31.0 Å². The molecule has 0 saturated heterocycles. The van der Waals surface area contributed by atoms with Gasteiger partial charge in [0, 0.05) is 9.13 Å². The lowest BCUT2D eigenvalue weighted by Gasteiger charge is -2.36. The van der Waals surface area contributed by atoms with Gasteiger partial charge in [0.2, 0.25) is 0 Å². The van der Waals surface area contributed by atoms with Crippen LogP contribution < -0.4 is 0 Å². The molecule has 1 N–H and O–H groups in total. The maximum atomic E-state index is 12.9. The minimum atomic E-state index is -4.61. The van der Waals surface area contributed by atoms with Gasteiger partial charge in [0.25, 0.3) is 0 Å². The molecule has 1 aromatic rings. The molecule has 0 amide bonds. The van der Waals surface area contributed by atoms with Gasteiger partial charge in [-0.1, -0.05) is 12.1 Å². The first-order valence-corrected chi connectivity index (χ1v) is 6.01. The van der Waals surface area contributed by atoms with Crippen LogP contribution in [-0.4, -0.2) is 11.3 Å². The van der Waals surface area contributed by atoms with Crippen LogP contribution in [0.5, 0.6) is 0 Å². The molecule has 0 fully saturated rings. The summed E-state index contributed by atoms with van der Waals surface area (Å²) in [6.45, 7) is 0. The largest absolute Gasteiger partial charge is 0.421 e. The van der Waals surface area contributed by atoms with Crippen LogP contribution in [0.4, 0.5) is 13.2 Å². The smallest absolute Gasteiger partial charge is 0.376 e. The Kier molecular flexibility index (Phi) is 2.94. The number of alkyl halides is 3. The first kappa shape index (κ1) is 12.2. The first-order valence-electron chi connectivity index (χ1n) is 4.93. The average Bonchev–Trinajstić information content (AvgIpc) is 2.16. The zero-order chi connectivity index (χ0) is 12.0. The van der Waals surface area contributed by atoms with Crippen molar-refractivity contribution in [3.05, 3.63) is 32.9 Å². The van der Waals surface area contributed by atoms with Crippen molar-refractivity contribution in [2.24, 2.45) is 0 Å². The summed E-state index contributed by atoms with van der Waals surface area (Å²) >= 11 is 1.85. The maximum absolute atomic E-state index is 12.9. The van der Waals surface area contributed by atoms with E-state index in [1.54, 1.807) is 18.2 Å². The molecule has 1 aliphatic carbocycles. The Morgan fingerprint density at radius 1 is 1.31 bits per heavy atom. The quantitative estimate of drug-likeness (QED) is 0.717. The summed E-state index contributed by atoms with van der Waals surface area (Å²) in [4.78, 5) is 0. The monoisotopic (exact) mass is 342 g/mol. The molecule has 1 nitrogen and oxygen atoms in total. The fourth-order valence-electron chi connectivity index (χ4n) is 2.18. The highest BCUT2D eigenvalue weighted by atomic mass is 127. The van der Waals surface area contributed by atoms with Gasteiger partial charge in [0.1, 0.15) is 0 Å². The highest BCUT2D eigenvalue weighted by molar-refractivity contribution is 14.1. The summed E-state index contributed by atoms with van der Waals surface area (Å²) < 4.78 is 39.3. The van der Waals surface area contributed by atoms with E-state index >= 15 is 0 Å². The van der Waals surface area contributed by atoms with Crippen LogP contribution in [0.3, 0.4) is 0 Å². The highest BCUT2D eigenvalue weighted by Crippen LogP contribution is 2.48. The van der Waals surface area contributed by atoms with E-state index in [2.05, 4.69) is 0 Å². The number of aliphatic hydroxyl groups is 1. The molecule has 0 aliphatic heterocycles. The topological polar surface area (TPSA) is 20.2 Å². The molecule has 88 valence electrons. The molecule has 16 heavy (non-hydrogen) atoms. The molecule has 1 aliphatic rings. The van der Waals surface area contributed by atoms with Crippen molar-refractivity contribution >= 4 is 22.6 Å². The van der Waals surface area contributed by atoms with Crippen LogP contribution in [0.1, 0.15) is 24.0 Å². The molecule has 0 radical (unpaired) electrons. The predicted octanol–water partition coefficient (Wildman–Crippen LogP) is 3.38. The summed E-state index contributed by atoms with van der Waals surface area (Å²) in [6, 6.07) is 4.98. The molecule has 5 heteroatoms. The molecular formula is C11H10F3IO. The number of halogens is 4. The summed E-state index contributed by atoms with van der Waals surface area (Å²) in [6.07, 6.45) is -3.89. The van der Waals surface area contributed by atoms with Crippen molar-refractivity contribution in [2.75, 3.05) is 0 Å². The second kappa shape index (κ2) is 3.87. The lowest BCUT2D eigenvalue weighted by molar-refractivity contribution is -0.271. The van der Waals surface area contributed by atoms with E-state index in [1.165, 1.54) is 0 Å². The molecule has 1 atom stereocenters. The summed E-state index contributed by atoms with van der Waals surface area (Å²) in [5.74, 6) is 0. The van der Waals surface area contributed by atoms with Crippen molar-refractivity contribution in [1.29, 1.82) is 0 Å². The number of benzene rings is 1. The van der Waals surface area contributed by atoms with Gasteiger partial charge in [0.15, 0.2) is 5.60 Å². The van der Waals surface area contributed by atoms with Crippen LogP contribution in [0, 0.1) is 3.57 Å². The Balaban J connectivity index is 2.64. The normalized spacial score (nSPS) is 25.3. The second-order valence-electron chi connectivity index (χ2n) is 3.99. The lowest BCUT2D eigenvalue weighted by Crippen LogP contribution is -2.45. The van der Waals surface area contributed by atoms with Gasteiger partial charge < -0.3 is 5.11 Å². The van der Waals surface area contributed by atoms with E-state index in [4.69, 9.17) is 0 Å². The van der Waals surface area contributed by atoms with E-state index in [9.17, 15) is 18.3 Å². The SMILES string of the molecule is O[C@]1(C(F)(F)F)CCCc2cccc(I)c21. The Bertz CT molecular complexity index is 416. The minimum Gasteiger partial charge on any atom is -0.376 e. The molecule has 2 rings (SSSR count). The molecule has 0 heterocycles. The van der Waals surface area contributed by atoms with Gasteiger partial charge in [-0.05, 0) is 53.5 Å². The second-order valence-corrected chi connectivity index (χ2v) is 5.15. The molecule has 1 aromatic carbocycles. The summed E-state index contributed by atoms with van der Waals surface area (Å²) in [7, 11) is 0. The molecule has 0 aromatic heterocycles. The predicted molar refractivity (Wildman–Crippen MR) is 62.0 cm³/mol. The maximum Gasteiger partial charge on any atom is 0.421 e. The van der Waals surface area contributed by atoms with Crippen molar-refractivity contribution in [1.82, 2.24) is 0 Å². The van der Waals surface area contributed by atoms with E-state index in [0.29, 0.717) is 22.0 Å². The van der Waals surface area contributed by atoms with Crippen molar-refractivity contribution in [3.63, 3.8) is 0 Å². The Hall–Kier alpha value is -0.300. The lowest BCUT2D eigenvalue weighted by atomic mass is 9.79. The molecular weight excluding hydrogens is 332 g/mol. The highest BCUT2D eigenvalue weighted by Gasteiger charge is 2.57. The number of fused-ring (bicyclic) bond motifs is 1. The van der Waals surface area contributed by atoms with E-state index < -0.39 is 11.8 Å². The number of aryl methyl sites for hydroxylation is 1. The summed E-state index contributed by atoms with van der Waals surface area (Å²) in [5.41, 5.74) is -2.01. The molecule has 0 saturated carbocycles. The van der Waals surface area contributed by atoms with Gasteiger partial charge in [-0.25, -0.2) is 0 Å².